The molecule has 146 valence electrons. The molecule has 1 fully saturated rings. The smallest absolute Gasteiger partial charge is 0.223 e. The number of ether oxygens (including phenoxy) is 1. The van der Waals surface area contributed by atoms with Gasteiger partial charge in [-0.15, -0.1) is 0 Å². The summed E-state index contributed by atoms with van der Waals surface area (Å²) in [4.78, 5) is 16.3. The molecule has 11 heteroatoms. The molecule has 2 aromatic heterocycles. The molecule has 0 aliphatic carbocycles. The molecule has 0 aromatic carbocycles. The maximum atomic E-state index is 12.4. The van der Waals surface area contributed by atoms with E-state index < -0.39 is 29.1 Å². The Balaban J connectivity index is 2.14. The molecule has 9 nitrogen and oxygen atoms in total. The van der Waals surface area contributed by atoms with Crippen LogP contribution in [0, 0.1) is 23.2 Å². The normalized spacial score (nSPS) is 27.9. The van der Waals surface area contributed by atoms with Gasteiger partial charge in [-0.05, 0) is 12.1 Å². The van der Waals surface area contributed by atoms with Crippen LogP contribution in [-0.4, -0.2) is 63.9 Å². The third-order valence-electron chi connectivity index (χ3n) is 5.33. The fourth-order valence-electron chi connectivity index (χ4n) is 3.77. The van der Waals surface area contributed by atoms with Crippen molar-refractivity contribution in [2.75, 3.05) is 5.73 Å². The standard InChI is InChI=1S/C17H23B2N5O4/c1-8(2)11(25)5-9-13(26)16(6-20,28-14(9)17(18,19)27)12-4-3-10-15(21)22-7-23-24(10)12/h3-4,7-9,13-14,26-27H,5,18-19H2,1-2H3,(H2,21,22,23)/t9-,13+,14?,16-/m0/s1. The van der Waals surface area contributed by atoms with E-state index in [1.54, 1.807) is 26.0 Å². The first-order valence-corrected chi connectivity index (χ1v) is 9.14. The lowest BCUT2D eigenvalue weighted by atomic mass is 9.58. The Morgan fingerprint density at radius 2 is 2.21 bits per heavy atom. The van der Waals surface area contributed by atoms with Gasteiger partial charge in [-0.3, -0.25) is 4.79 Å². The molecule has 0 spiro atoms. The molecule has 0 bridgehead atoms. The highest BCUT2D eigenvalue weighted by atomic mass is 16.5. The van der Waals surface area contributed by atoms with Gasteiger partial charge in [0.05, 0.1) is 11.8 Å². The van der Waals surface area contributed by atoms with Crippen molar-refractivity contribution >= 4 is 32.8 Å². The topological polar surface area (TPSA) is 147 Å². The number of hydrogen-bond donors (Lipinski definition) is 3. The molecule has 1 aliphatic rings. The molecular weight excluding hydrogens is 360 g/mol. The van der Waals surface area contributed by atoms with Gasteiger partial charge in [-0.2, -0.15) is 10.4 Å². The number of nitriles is 1. The van der Waals surface area contributed by atoms with Crippen LogP contribution in [-0.2, 0) is 15.1 Å². The first kappa shape index (κ1) is 20.3. The Hall–Kier alpha value is -2.41. The van der Waals surface area contributed by atoms with E-state index in [2.05, 4.69) is 16.2 Å². The number of nitrogen functional groups attached to an aromatic ring is 1. The summed E-state index contributed by atoms with van der Waals surface area (Å²) < 4.78 is 7.42. The van der Waals surface area contributed by atoms with Gasteiger partial charge in [0.15, 0.2) is 5.82 Å². The number of aliphatic hydroxyl groups excluding tert-OH is 1. The number of carbonyl (C=O) groups excluding carboxylic acids is 1. The number of anilines is 1. The number of ketones is 1. The fourth-order valence-corrected chi connectivity index (χ4v) is 3.77. The fraction of sp³-hybridized carbons (Fsp3) is 0.529. The monoisotopic (exact) mass is 383 g/mol. The van der Waals surface area contributed by atoms with Crippen molar-refractivity contribution in [3.63, 3.8) is 0 Å². The summed E-state index contributed by atoms with van der Waals surface area (Å²) >= 11 is 0. The molecule has 0 saturated carbocycles. The first-order chi connectivity index (χ1) is 13.0. The number of aliphatic hydroxyl groups is 2. The SMILES string of the molecule is BC(B)(O)C1O[C@@](C#N)(c2ccc3c(N)ncnn23)[C@H](O)[C@@H]1CC(=O)C(C)C. The second-order valence-corrected chi connectivity index (χ2v) is 8.13. The average molecular weight is 383 g/mol. The van der Waals surface area contributed by atoms with E-state index in [-0.39, 0.29) is 29.6 Å². The molecule has 1 saturated heterocycles. The second-order valence-electron chi connectivity index (χ2n) is 8.13. The summed E-state index contributed by atoms with van der Waals surface area (Å²) in [6.07, 6.45) is -1.07. The summed E-state index contributed by atoms with van der Waals surface area (Å²) in [5, 5.41) is 34.6. The van der Waals surface area contributed by atoms with E-state index >= 15 is 0 Å². The molecule has 1 unspecified atom stereocenters. The maximum Gasteiger partial charge on any atom is 0.223 e. The number of fused-ring (bicyclic) bond motifs is 1. The van der Waals surface area contributed by atoms with Crippen molar-refractivity contribution in [2.45, 2.75) is 43.5 Å². The van der Waals surface area contributed by atoms with Gasteiger partial charge in [0.25, 0.3) is 0 Å². The summed E-state index contributed by atoms with van der Waals surface area (Å²) in [5.74, 6) is -0.873. The van der Waals surface area contributed by atoms with Crippen LogP contribution in [0.1, 0.15) is 26.0 Å². The number of rotatable bonds is 5. The number of Topliss-reactive ketones (excluding diaryl/α,β-unsaturated/α-hetero) is 1. The zero-order valence-electron chi connectivity index (χ0n) is 16.3. The summed E-state index contributed by atoms with van der Waals surface area (Å²) in [7, 11) is 3.06. The molecule has 0 radical (unpaired) electrons. The van der Waals surface area contributed by atoms with Crippen molar-refractivity contribution in [1.82, 2.24) is 14.6 Å². The van der Waals surface area contributed by atoms with Crippen molar-refractivity contribution < 1.29 is 19.7 Å². The number of nitrogens with zero attached hydrogens (tertiary/aromatic N) is 4. The quantitative estimate of drug-likeness (QED) is 0.500. The van der Waals surface area contributed by atoms with Crippen molar-refractivity contribution in [3.8, 4) is 6.07 Å². The Kier molecular flexibility index (Phi) is 5.00. The molecule has 2 aromatic rings. The number of hydrogen-bond acceptors (Lipinski definition) is 8. The molecule has 1 aliphatic heterocycles. The minimum Gasteiger partial charge on any atom is -0.405 e. The Labute approximate surface area is 164 Å². The van der Waals surface area contributed by atoms with Gasteiger partial charge >= 0.3 is 0 Å². The van der Waals surface area contributed by atoms with E-state index in [4.69, 9.17) is 10.5 Å². The molecular formula is C17H23B2N5O4. The van der Waals surface area contributed by atoms with E-state index in [0.717, 1.165) is 0 Å². The first-order valence-electron chi connectivity index (χ1n) is 9.14. The zero-order chi connectivity index (χ0) is 20.9. The third-order valence-corrected chi connectivity index (χ3v) is 5.33. The molecule has 3 heterocycles. The van der Waals surface area contributed by atoms with Crippen LogP contribution in [0.3, 0.4) is 0 Å². The molecule has 3 rings (SSSR count). The minimum absolute atomic E-state index is 0.0165. The second kappa shape index (κ2) is 6.88. The molecule has 28 heavy (non-hydrogen) atoms. The number of aromatic nitrogens is 3. The highest BCUT2D eigenvalue weighted by Gasteiger charge is 2.60. The van der Waals surface area contributed by atoms with Gasteiger partial charge in [-0.25, -0.2) is 9.50 Å². The predicted octanol–water partition coefficient (Wildman–Crippen LogP) is -2.07. The van der Waals surface area contributed by atoms with Crippen molar-refractivity contribution in [1.29, 1.82) is 5.26 Å². The lowest BCUT2D eigenvalue weighted by Crippen LogP contribution is -2.48. The highest BCUT2D eigenvalue weighted by molar-refractivity contribution is 6.39. The van der Waals surface area contributed by atoms with Crippen molar-refractivity contribution in [2.24, 2.45) is 11.8 Å². The van der Waals surface area contributed by atoms with Crippen LogP contribution in [0.4, 0.5) is 5.82 Å². The van der Waals surface area contributed by atoms with Gasteiger partial charge in [0.1, 0.15) is 45.5 Å². The van der Waals surface area contributed by atoms with E-state index in [0.29, 0.717) is 5.52 Å². The summed E-state index contributed by atoms with van der Waals surface area (Å²) in [6, 6.07) is 5.27. The van der Waals surface area contributed by atoms with Crippen LogP contribution >= 0.6 is 0 Å². The third kappa shape index (κ3) is 3.07. The predicted molar refractivity (Wildman–Crippen MR) is 106 cm³/mol. The zero-order valence-corrected chi connectivity index (χ0v) is 16.3. The Bertz CT molecular complexity index is 951. The Morgan fingerprint density at radius 3 is 2.79 bits per heavy atom. The van der Waals surface area contributed by atoms with Gasteiger partial charge in [0, 0.05) is 23.7 Å². The number of nitrogens with two attached hydrogens (primary N) is 1. The average Bonchev–Trinajstić information content (AvgIpc) is 3.16. The molecule has 4 N–H and O–H groups in total. The van der Waals surface area contributed by atoms with Crippen LogP contribution < -0.4 is 5.73 Å². The van der Waals surface area contributed by atoms with E-state index in [1.807, 2.05) is 0 Å². The Morgan fingerprint density at radius 1 is 1.54 bits per heavy atom. The lowest BCUT2D eigenvalue weighted by Gasteiger charge is -2.30. The van der Waals surface area contributed by atoms with Gasteiger partial charge in [-0.1, -0.05) is 13.8 Å². The molecule has 4 atom stereocenters. The summed E-state index contributed by atoms with van der Waals surface area (Å²) in [5.41, 5.74) is 4.77. The van der Waals surface area contributed by atoms with Crippen LogP contribution in [0.25, 0.3) is 5.52 Å². The number of carbonyl (C=O) groups is 1. The largest absolute Gasteiger partial charge is 0.405 e. The van der Waals surface area contributed by atoms with E-state index in [9.17, 15) is 20.3 Å². The van der Waals surface area contributed by atoms with Crippen LogP contribution in [0.5, 0.6) is 0 Å². The van der Waals surface area contributed by atoms with E-state index in [1.165, 1.54) is 26.5 Å². The maximum absolute atomic E-state index is 12.4. The minimum atomic E-state index is -1.82. The highest BCUT2D eigenvalue weighted by Crippen LogP contribution is 2.46. The van der Waals surface area contributed by atoms with Gasteiger partial charge < -0.3 is 20.7 Å². The van der Waals surface area contributed by atoms with Crippen LogP contribution in [0.2, 0.25) is 0 Å². The molecule has 0 amide bonds. The van der Waals surface area contributed by atoms with Gasteiger partial charge in [0.2, 0.25) is 5.60 Å². The van der Waals surface area contributed by atoms with Crippen molar-refractivity contribution in [3.05, 3.63) is 24.2 Å². The van der Waals surface area contributed by atoms with Crippen LogP contribution in [0.15, 0.2) is 18.5 Å². The summed E-state index contributed by atoms with van der Waals surface area (Å²) in [6.45, 7) is 3.53. The lowest BCUT2D eigenvalue weighted by molar-refractivity contribution is -0.124.